The quantitative estimate of drug-likeness (QED) is 0.159. The minimum absolute atomic E-state index is 0.256. The van der Waals surface area contributed by atoms with Crippen molar-refractivity contribution in [2.45, 2.75) is 117 Å². The van der Waals surface area contributed by atoms with E-state index in [1.165, 1.54) is 21.8 Å². The highest BCUT2D eigenvalue weighted by Crippen LogP contribution is 2.37. The van der Waals surface area contributed by atoms with Crippen molar-refractivity contribution in [2.24, 2.45) is 0 Å². The second kappa shape index (κ2) is 20.2. The minimum atomic E-state index is -1.44. The van der Waals surface area contributed by atoms with Gasteiger partial charge in [-0.15, -0.1) is 10.2 Å². The highest BCUT2D eigenvalue weighted by atomic mass is 16.7. The fraction of sp³-hybridized carbons (Fsp3) is 0.526. The molecule has 5 rings (SSSR count). The zero-order valence-corrected chi connectivity index (χ0v) is 34.7. The molecule has 0 aliphatic carbocycles. The number of esters is 8. The van der Waals surface area contributed by atoms with Crippen molar-refractivity contribution < 1.29 is 85.7 Å². The van der Waals surface area contributed by atoms with Gasteiger partial charge in [0.1, 0.15) is 36.8 Å². The SMILES string of the molecule is CC(=O)OC[C@H]1O[C@H](n2cc(-c3cccc(-c4cn([C@H]5O[C@H](COC(C)=O)[C@@H](OC(C)=O)[C@H](OC(C)=O)[C@@H]5OC(C)=O)nn4)c3)nn2)[C@H](OC(C)=O)[C@H](OC(C)=O)[C@@H]1OC(C)=O. The number of aromatic nitrogens is 6. The maximum absolute atomic E-state index is 12.4. The number of carbonyl (C=O) groups is 8. The molecule has 10 atom stereocenters. The Kier molecular flexibility index (Phi) is 15.0. The second-order valence-corrected chi connectivity index (χ2v) is 13.9. The topological polar surface area (TPSA) is 290 Å². The van der Waals surface area contributed by atoms with Crippen molar-refractivity contribution in [2.75, 3.05) is 13.2 Å². The average molecular weight is 873 g/mol. The molecule has 2 aliphatic rings. The van der Waals surface area contributed by atoms with Crippen LogP contribution in [-0.2, 0) is 85.7 Å². The molecule has 24 nitrogen and oxygen atoms in total. The predicted molar refractivity (Wildman–Crippen MR) is 199 cm³/mol. The third-order valence-electron chi connectivity index (χ3n) is 8.93. The van der Waals surface area contributed by atoms with Gasteiger partial charge < -0.3 is 47.4 Å². The van der Waals surface area contributed by atoms with Crippen LogP contribution in [0.4, 0.5) is 0 Å². The van der Waals surface area contributed by atoms with Gasteiger partial charge in [0.15, 0.2) is 49.1 Å². The molecule has 62 heavy (non-hydrogen) atoms. The summed E-state index contributed by atoms with van der Waals surface area (Å²) in [5.41, 5.74) is 1.46. The van der Waals surface area contributed by atoms with Crippen LogP contribution in [0, 0.1) is 0 Å². The molecular formula is C38H44N6O18. The summed E-state index contributed by atoms with van der Waals surface area (Å²) >= 11 is 0. The molecule has 2 aliphatic heterocycles. The van der Waals surface area contributed by atoms with E-state index in [1.54, 1.807) is 24.3 Å². The molecule has 24 heteroatoms. The van der Waals surface area contributed by atoms with E-state index in [1.807, 2.05) is 0 Å². The van der Waals surface area contributed by atoms with Crippen molar-refractivity contribution >= 4 is 47.8 Å². The average Bonchev–Trinajstić information content (AvgIpc) is 3.87. The minimum Gasteiger partial charge on any atom is -0.463 e. The van der Waals surface area contributed by atoms with Crippen LogP contribution in [0.3, 0.4) is 0 Å². The molecule has 0 amide bonds. The van der Waals surface area contributed by atoms with Gasteiger partial charge in [-0.2, -0.15) is 0 Å². The fourth-order valence-corrected chi connectivity index (χ4v) is 6.74. The molecular weight excluding hydrogens is 828 g/mol. The molecule has 334 valence electrons. The van der Waals surface area contributed by atoms with Gasteiger partial charge in [0.2, 0.25) is 0 Å². The molecule has 2 saturated heterocycles. The Hall–Kier alpha value is -6.82. The van der Waals surface area contributed by atoms with E-state index in [-0.39, 0.29) is 11.4 Å². The smallest absolute Gasteiger partial charge is 0.303 e. The van der Waals surface area contributed by atoms with Crippen LogP contribution in [0.5, 0.6) is 0 Å². The van der Waals surface area contributed by atoms with Crippen LogP contribution in [0.1, 0.15) is 67.8 Å². The van der Waals surface area contributed by atoms with E-state index in [2.05, 4.69) is 20.6 Å². The first kappa shape index (κ1) is 46.2. The Morgan fingerprint density at radius 2 is 0.806 bits per heavy atom. The summed E-state index contributed by atoms with van der Waals surface area (Å²) < 4.78 is 58.1. The van der Waals surface area contributed by atoms with Gasteiger partial charge >= 0.3 is 47.8 Å². The fourth-order valence-electron chi connectivity index (χ4n) is 6.74. The largest absolute Gasteiger partial charge is 0.463 e. The Labute approximate surface area is 352 Å². The maximum atomic E-state index is 12.4. The summed E-state index contributed by atoms with van der Waals surface area (Å²) in [6.45, 7) is 8.04. The third kappa shape index (κ3) is 11.7. The van der Waals surface area contributed by atoms with Gasteiger partial charge in [0.25, 0.3) is 0 Å². The molecule has 0 saturated carbocycles. The van der Waals surface area contributed by atoms with E-state index in [9.17, 15) is 38.4 Å². The highest BCUT2D eigenvalue weighted by Gasteiger charge is 2.54. The van der Waals surface area contributed by atoms with E-state index >= 15 is 0 Å². The third-order valence-corrected chi connectivity index (χ3v) is 8.93. The van der Waals surface area contributed by atoms with E-state index in [0.29, 0.717) is 11.1 Å². The van der Waals surface area contributed by atoms with Crippen LogP contribution in [0.25, 0.3) is 22.5 Å². The van der Waals surface area contributed by atoms with E-state index < -0.39 is 122 Å². The second-order valence-electron chi connectivity index (χ2n) is 13.9. The monoisotopic (exact) mass is 872 g/mol. The van der Waals surface area contributed by atoms with Gasteiger partial charge in [-0.05, 0) is 6.07 Å². The Morgan fingerprint density at radius 3 is 1.13 bits per heavy atom. The Morgan fingerprint density at radius 1 is 0.484 bits per heavy atom. The summed E-state index contributed by atoms with van der Waals surface area (Å²) in [5.74, 6) is -6.15. The zero-order valence-electron chi connectivity index (χ0n) is 34.7. The van der Waals surface area contributed by atoms with Crippen LogP contribution in [-0.4, -0.2) is 140 Å². The summed E-state index contributed by atoms with van der Waals surface area (Å²) in [7, 11) is 0. The highest BCUT2D eigenvalue weighted by molar-refractivity contribution is 5.71. The van der Waals surface area contributed by atoms with Crippen molar-refractivity contribution in [1.82, 2.24) is 30.0 Å². The van der Waals surface area contributed by atoms with Crippen LogP contribution < -0.4 is 0 Å². The lowest BCUT2D eigenvalue weighted by Gasteiger charge is -2.44. The standard InChI is InChI=1S/C38H44N6O18/c1-17(45)53-15-29-31(55-19(3)47)33(57-21(5)49)35(59-23(7)51)37(61-29)43-13-27(39-41-43)25-10-9-11-26(12-25)28-14-44(42-40-28)38-36(60-24(8)52)34(58-22(6)50)32(56-20(4)48)30(62-38)16-54-18(2)46/h9-14,29-38H,15-16H2,1-8H3/t29-,30-,31-,32-,33-,34+,35-,36+,37+,38+/m1/s1. The lowest BCUT2D eigenvalue weighted by atomic mass is 9.97. The molecule has 1 aromatic carbocycles. The summed E-state index contributed by atoms with van der Waals surface area (Å²) in [5, 5.41) is 16.9. The van der Waals surface area contributed by atoms with E-state index in [0.717, 1.165) is 55.4 Å². The summed E-state index contributed by atoms with van der Waals surface area (Å²) in [4.78, 5) is 97.1. The lowest BCUT2D eigenvalue weighted by Crippen LogP contribution is -2.60. The molecule has 3 aromatic rings. The number of benzene rings is 1. The van der Waals surface area contributed by atoms with Crippen molar-refractivity contribution in [3.8, 4) is 22.5 Å². The molecule has 0 radical (unpaired) electrons. The number of rotatable bonds is 14. The molecule has 0 spiro atoms. The van der Waals surface area contributed by atoms with Gasteiger partial charge in [-0.25, -0.2) is 9.36 Å². The predicted octanol–water partition coefficient (Wildman–Crippen LogP) is 0.715. The Bertz CT molecular complexity index is 2030. The first-order valence-electron chi connectivity index (χ1n) is 18.9. The number of hydrogen-bond donors (Lipinski definition) is 0. The molecule has 0 N–H and O–H groups in total. The number of carbonyl (C=O) groups excluding carboxylic acids is 8. The number of nitrogens with zero attached hydrogens (tertiary/aromatic N) is 6. The number of ether oxygens (including phenoxy) is 10. The Balaban J connectivity index is 1.49. The molecule has 2 aromatic heterocycles. The molecule has 0 unspecified atom stereocenters. The van der Waals surface area contributed by atoms with Gasteiger partial charge in [-0.1, -0.05) is 28.6 Å². The maximum Gasteiger partial charge on any atom is 0.303 e. The van der Waals surface area contributed by atoms with Crippen molar-refractivity contribution in [3.05, 3.63) is 36.7 Å². The molecule has 0 bridgehead atoms. The normalized spacial score (nSPS) is 25.6. The summed E-state index contributed by atoms with van der Waals surface area (Å²) in [6.07, 6.45) is -10.8. The first-order chi connectivity index (χ1) is 29.3. The van der Waals surface area contributed by atoms with Crippen LogP contribution in [0.2, 0.25) is 0 Å². The van der Waals surface area contributed by atoms with Crippen molar-refractivity contribution in [1.29, 1.82) is 0 Å². The molecule has 2 fully saturated rings. The zero-order chi connectivity index (χ0) is 45.4. The van der Waals surface area contributed by atoms with Crippen molar-refractivity contribution in [3.63, 3.8) is 0 Å². The number of hydrogen-bond acceptors (Lipinski definition) is 22. The van der Waals surface area contributed by atoms with E-state index in [4.69, 9.17) is 47.4 Å². The lowest BCUT2D eigenvalue weighted by molar-refractivity contribution is -0.270. The van der Waals surface area contributed by atoms with Gasteiger partial charge in [-0.3, -0.25) is 38.4 Å². The molecule has 4 heterocycles. The van der Waals surface area contributed by atoms with Crippen LogP contribution in [0.15, 0.2) is 36.7 Å². The van der Waals surface area contributed by atoms with Gasteiger partial charge in [0.05, 0.1) is 12.4 Å². The summed E-state index contributed by atoms with van der Waals surface area (Å²) in [6, 6.07) is 6.72. The van der Waals surface area contributed by atoms with Gasteiger partial charge in [0, 0.05) is 66.5 Å². The van der Waals surface area contributed by atoms with Crippen LogP contribution >= 0.6 is 0 Å². The first-order valence-corrected chi connectivity index (χ1v) is 18.9.